The van der Waals surface area contributed by atoms with Crippen LogP contribution in [0.15, 0.2) is 0 Å². The van der Waals surface area contributed by atoms with Crippen molar-refractivity contribution in [1.29, 1.82) is 0 Å². The lowest BCUT2D eigenvalue weighted by molar-refractivity contribution is -0.161. The average Bonchev–Trinajstić information content (AvgIpc) is 0.933. The van der Waals surface area contributed by atoms with Crippen LogP contribution in [0.25, 0.3) is 0 Å². The fourth-order valence-corrected chi connectivity index (χ4v) is 14.1. The Morgan fingerprint density at radius 2 is 0.480 bits per heavy atom. The number of aliphatic hydroxyl groups is 1. The van der Waals surface area contributed by atoms with Crippen LogP contribution in [-0.4, -0.2) is 96.7 Å². The van der Waals surface area contributed by atoms with Crippen molar-refractivity contribution in [3.05, 3.63) is 0 Å². The molecule has 0 aromatic rings. The fraction of sp³-hybridized carbons (Fsp3) is 0.951. The Morgan fingerprint density at radius 1 is 0.280 bits per heavy atom. The summed E-state index contributed by atoms with van der Waals surface area (Å²) in [5.41, 5.74) is 0. The number of carbonyl (C=O) groups excluding carboxylic acids is 4. The molecule has 0 radical (unpaired) electrons. The van der Waals surface area contributed by atoms with E-state index in [1.165, 1.54) is 244 Å². The van der Waals surface area contributed by atoms with E-state index in [0.717, 1.165) is 109 Å². The number of phosphoric acid groups is 2. The monoisotopic (exact) mass is 1470 g/mol. The lowest BCUT2D eigenvalue weighted by Gasteiger charge is -2.21. The number of hydrogen-bond donors (Lipinski definition) is 3. The lowest BCUT2D eigenvalue weighted by Crippen LogP contribution is -2.30. The zero-order valence-electron chi connectivity index (χ0n) is 65.3. The molecule has 0 saturated heterocycles. The topological polar surface area (TPSA) is 237 Å². The van der Waals surface area contributed by atoms with E-state index in [1.54, 1.807) is 0 Å². The van der Waals surface area contributed by atoms with Gasteiger partial charge in [0.1, 0.15) is 19.3 Å². The van der Waals surface area contributed by atoms with Gasteiger partial charge in [0.2, 0.25) is 0 Å². The molecule has 0 fully saturated rings. The van der Waals surface area contributed by atoms with Gasteiger partial charge in [0.25, 0.3) is 0 Å². The van der Waals surface area contributed by atoms with Crippen molar-refractivity contribution in [2.75, 3.05) is 39.6 Å². The first kappa shape index (κ1) is 98.1. The molecule has 0 aliphatic heterocycles. The highest BCUT2D eigenvalue weighted by molar-refractivity contribution is 7.47. The second-order valence-electron chi connectivity index (χ2n) is 29.4. The molecule has 0 aromatic carbocycles. The van der Waals surface area contributed by atoms with E-state index >= 15 is 0 Å². The average molecular weight is 1470 g/mol. The maximum absolute atomic E-state index is 13.1. The molecule has 3 unspecified atom stereocenters. The normalized spacial score (nSPS) is 14.1. The number of hydrogen-bond acceptors (Lipinski definition) is 15. The van der Waals surface area contributed by atoms with Gasteiger partial charge in [-0.05, 0) is 31.6 Å². The Balaban J connectivity index is 5.12. The van der Waals surface area contributed by atoms with Crippen LogP contribution in [-0.2, 0) is 65.4 Å². The highest BCUT2D eigenvalue weighted by Gasteiger charge is 2.30. The second kappa shape index (κ2) is 73.9. The predicted molar refractivity (Wildman–Crippen MR) is 409 cm³/mol. The van der Waals surface area contributed by atoms with Gasteiger partial charge in [-0.3, -0.25) is 37.3 Å². The smallest absolute Gasteiger partial charge is 0.462 e. The molecule has 0 aliphatic rings. The Labute approximate surface area is 613 Å². The van der Waals surface area contributed by atoms with E-state index in [9.17, 15) is 43.2 Å². The quantitative estimate of drug-likeness (QED) is 0.0222. The Hall–Kier alpha value is -1.94. The maximum atomic E-state index is 13.1. The number of rotatable bonds is 81. The number of aliphatic hydroxyl groups excluding tert-OH is 1. The molecule has 100 heavy (non-hydrogen) atoms. The van der Waals surface area contributed by atoms with E-state index in [0.29, 0.717) is 25.7 Å². The molecule has 0 bridgehead atoms. The second-order valence-corrected chi connectivity index (χ2v) is 32.3. The number of carbonyl (C=O) groups is 4. The number of unbranched alkanes of at least 4 members (excludes halogenated alkanes) is 52. The molecule has 19 heteroatoms. The predicted octanol–water partition coefficient (Wildman–Crippen LogP) is 24.4. The van der Waals surface area contributed by atoms with E-state index < -0.39 is 97.5 Å². The summed E-state index contributed by atoms with van der Waals surface area (Å²) >= 11 is 0. The molecular weight excluding hydrogens is 1310 g/mol. The van der Waals surface area contributed by atoms with Gasteiger partial charge in [0.05, 0.1) is 26.4 Å². The van der Waals surface area contributed by atoms with Crippen LogP contribution in [0, 0.1) is 5.92 Å². The van der Waals surface area contributed by atoms with Crippen LogP contribution >= 0.6 is 15.6 Å². The van der Waals surface area contributed by atoms with Crippen LogP contribution in [0.1, 0.15) is 433 Å². The standard InChI is InChI=1S/C81H158O17P2/c1-6-10-13-16-19-21-23-24-25-26-27-28-29-33-36-39-42-46-50-55-60-65-79(84)92-71-77(98-81(86)67-62-57-52-47-43-40-37-34-31-30-32-35-38-41-44-49-53-58-63-74(5)9-4)73-96-100(89,90)94-69-75(82)68-93-99(87,88)95-72-76(70-91-78(83)64-59-54-48-18-15-12-8-3)97-80(85)66-61-56-51-45-22-20-17-14-11-7-2/h74-77,82H,6-73H2,1-5H3,(H,87,88)(H,89,90)/t74?,75-,76+,77+/m0/s1. The molecule has 0 aromatic heterocycles. The van der Waals surface area contributed by atoms with E-state index in [-0.39, 0.29) is 25.7 Å². The van der Waals surface area contributed by atoms with Crippen LogP contribution in [0.5, 0.6) is 0 Å². The number of phosphoric ester groups is 2. The van der Waals surface area contributed by atoms with Crippen LogP contribution < -0.4 is 0 Å². The Bertz CT molecular complexity index is 1910. The molecule has 0 heterocycles. The number of esters is 4. The Kier molecular flexibility index (Phi) is 72.5. The van der Waals surface area contributed by atoms with Gasteiger partial charge >= 0.3 is 39.5 Å². The van der Waals surface area contributed by atoms with Gasteiger partial charge in [0.15, 0.2) is 12.2 Å². The lowest BCUT2D eigenvalue weighted by atomic mass is 9.99. The first-order valence-electron chi connectivity index (χ1n) is 42.2. The molecule has 0 aliphatic carbocycles. The SMILES string of the molecule is CCCCCCCCCCCCCCCCCCCCCCCC(=O)OC[C@H](COP(=O)(O)OC[C@@H](O)COP(=O)(O)OC[C@@H](COC(=O)CCCCCCCCC)OC(=O)CCCCCCCCCCCC)OC(=O)CCCCCCCCCCCCCCCCCCCCC(C)CC. The zero-order valence-corrected chi connectivity index (χ0v) is 67.1. The van der Waals surface area contributed by atoms with Crippen molar-refractivity contribution in [3.8, 4) is 0 Å². The van der Waals surface area contributed by atoms with Gasteiger partial charge in [-0.2, -0.15) is 0 Å². The molecule has 6 atom stereocenters. The van der Waals surface area contributed by atoms with Gasteiger partial charge in [-0.15, -0.1) is 0 Å². The largest absolute Gasteiger partial charge is 0.472 e. The van der Waals surface area contributed by atoms with E-state index in [2.05, 4.69) is 34.6 Å². The third-order valence-corrected chi connectivity index (χ3v) is 21.3. The molecule has 17 nitrogen and oxygen atoms in total. The summed E-state index contributed by atoms with van der Waals surface area (Å²) in [6.07, 6.45) is 65.6. The third kappa shape index (κ3) is 73.0. The highest BCUT2D eigenvalue weighted by atomic mass is 31.2. The van der Waals surface area contributed by atoms with Gasteiger partial charge in [-0.25, -0.2) is 9.13 Å². The van der Waals surface area contributed by atoms with Crippen molar-refractivity contribution in [2.45, 2.75) is 451 Å². The van der Waals surface area contributed by atoms with Crippen molar-refractivity contribution < 1.29 is 80.2 Å². The summed E-state index contributed by atoms with van der Waals surface area (Å²) < 4.78 is 68.5. The summed E-state index contributed by atoms with van der Waals surface area (Å²) in [7, 11) is -9.91. The molecule has 0 rings (SSSR count). The molecular formula is C81H158O17P2. The third-order valence-electron chi connectivity index (χ3n) is 19.4. The van der Waals surface area contributed by atoms with Crippen molar-refractivity contribution in [1.82, 2.24) is 0 Å². The minimum Gasteiger partial charge on any atom is -0.462 e. The van der Waals surface area contributed by atoms with Crippen molar-refractivity contribution in [3.63, 3.8) is 0 Å². The molecule has 0 spiro atoms. The number of ether oxygens (including phenoxy) is 4. The minimum absolute atomic E-state index is 0.106. The van der Waals surface area contributed by atoms with Gasteiger partial charge in [0, 0.05) is 25.7 Å². The maximum Gasteiger partial charge on any atom is 0.472 e. The van der Waals surface area contributed by atoms with Crippen LogP contribution in [0.4, 0.5) is 0 Å². The summed E-state index contributed by atoms with van der Waals surface area (Å²) in [4.78, 5) is 72.7. The first-order valence-corrected chi connectivity index (χ1v) is 45.2. The minimum atomic E-state index is -4.96. The van der Waals surface area contributed by atoms with Crippen molar-refractivity contribution in [2.24, 2.45) is 5.92 Å². The summed E-state index contributed by atoms with van der Waals surface area (Å²) in [6.45, 7) is 7.33. The highest BCUT2D eigenvalue weighted by Crippen LogP contribution is 2.45. The Morgan fingerprint density at radius 3 is 0.710 bits per heavy atom. The zero-order chi connectivity index (χ0) is 73.4. The summed E-state index contributed by atoms with van der Waals surface area (Å²) in [5.74, 6) is -1.24. The van der Waals surface area contributed by atoms with Gasteiger partial charge in [-0.1, -0.05) is 381 Å². The van der Waals surface area contributed by atoms with Crippen LogP contribution in [0.2, 0.25) is 0 Å². The fourth-order valence-electron chi connectivity index (χ4n) is 12.6. The van der Waals surface area contributed by atoms with Crippen molar-refractivity contribution >= 4 is 39.5 Å². The van der Waals surface area contributed by atoms with E-state index in [4.69, 9.17) is 37.0 Å². The molecule has 594 valence electrons. The van der Waals surface area contributed by atoms with Gasteiger partial charge < -0.3 is 33.8 Å². The molecule has 3 N–H and O–H groups in total. The van der Waals surface area contributed by atoms with Crippen LogP contribution in [0.3, 0.4) is 0 Å². The molecule has 0 saturated carbocycles. The first-order chi connectivity index (χ1) is 48.6. The summed E-state index contributed by atoms with van der Waals surface area (Å²) in [5, 5.41) is 10.6. The molecule has 0 amide bonds. The van der Waals surface area contributed by atoms with E-state index in [1.807, 2.05) is 0 Å². The summed E-state index contributed by atoms with van der Waals surface area (Å²) in [6, 6.07) is 0.